The molecule has 1 atom stereocenters. The minimum atomic E-state index is -0.780. The lowest BCUT2D eigenvalue weighted by molar-refractivity contribution is -0.167. The van der Waals surface area contributed by atoms with E-state index in [-0.39, 0.29) is 31.1 Å². The minimum Gasteiger partial charge on any atom is -0.462 e. The molecule has 0 aliphatic carbocycles. The third-order valence-electron chi connectivity index (χ3n) is 13.9. The Bertz CT molecular complexity index is 1370. The van der Waals surface area contributed by atoms with Gasteiger partial charge in [0.05, 0.1) is 0 Å². The smallest absolute Gasteiger partial charge is 0.306 e. The van der Waals surface area contributed by atoms with Crippen LogP contribution in [0.3, 0.4) is 0 Å². The topological polar surface area (TPSA) is 78.9 Å². The molecule has 0 aliphatic rings. The maximum absolute atomic E-state index is 12.9. The molecule has 0 radical (unpaired) electrons. The van der Waals surface area contributed by atoms with Gasteiger partial charge in [0.15, 0.2) is 6.10 Å². The molecule has 1 unspecified atom stereocenters. The molecule has 0 fully saturated rings. The maximum Gasteiger partial charge on any atom is 0.306 e. The van der Waals surface area contributed by atoms with Gasteiger partial charge < -0.3 is 14.2 Å². The number of allylic oxidation sites excluding steroid dienone is 12. The van der Waals surface area contributed by atoms with E-state index in [1.807, 2.05) is 0 Å². The molecule has 0 aliphatic heterocycles. The molecule has 0 rings (SSSR count). The Hall–Kier alpha value is -3.15. The first-order chi connectivity index (χ1) is 36.5. The standard InChI is InChI=1S/C68H120O6/c1-4-7-10-13-16-19-22-25-28-30-31-32-33-34-35-36-37-38-41-43-46-49-52-55-58-61-67(70)73-64-65(63-72-66(69)60-57-54-51-48-45-42-39-27-24-21-18-15-12-9-6-3)74-68(71)62-59-56-53-50-47-44-40-29-26-23-20-17-14-11-8-5-2/h7,10,16,18-19,21,25,27-28,31-32,39,65H,4-6,8-9,11-15,17,20,22-24,26,29-30,33-38,40-64H2,1-3H3/b10-7-,19-16-,21-18-,28-25-,32-31-,39-27-. The third kappa shape index (κ3) is 59.7. The zero-order chi connectivity index (χ0) is 53.6. The largest absolute Gasteiger partial charge is 0.462 e. The van der Waals surface area contributed by atoms with Crippen LogP contribution >= 0.6 is 0 Å². The van der Waals surface area contributed by atoms with Gasteiger partial charge in [0, 0.05) is 19.3 Å². The molecule has 0 aromatic rings. The Morgan fingerprint density at radius 2 is 0.527 bits per heavy atom. The molecular weight excluding hydrogens is 913 g/mol. The number of carbonyl (C=O) groups excluding carboxylic acids is 3. The Morgan fingerprint density at radius 1 is 0.284 bits per heavy atom. The minimum absolute atomic E-state index is 0.0776. The number of rotatable bonds is 58. The highest BCUT2D eigenvalue weighted by Gasteiger charge is 2.19. The molecule has 6 nitrogen and oxygen atoms in total. The average molecular weight is 1030 g/mol. The number of hydrogen-bond donors (Lipinski definition) is 0. The van der Waals surface area contributed by atoms with Gasteiger partial charge in [-0.25, -0.2) is 0 Å². The highest BCUT2D eigenvalue weighted by Crippen LogP contribution is 2.17. The molecule has 428 valence electrons. The Kier molecular flexibility index (Phi) is 59.7. The first-order valence-electron chi connectivity index (χ1n) is 31.9. The summed E-state index contributed by atoms with van der Waals surface area (Å²) in [6.07, 6.45) is 80.4. The van der Waals surface area contributed by atoms with Gasteiger partial charge in [-0.3, -0.25) is 14.4 Å². The van der Waals surface area contributed by atoms with Gasteiger partial charge in [-0.05, 0) is 89.9 Å². The summed E-state index contributed by atoms with van der Waals surface area (Å²) in [6, 6.07) is 0. The lowest BCUT2D eigenvalue weighted by Gasteiger charge is -2.18. The van der Waals surface area contributed by atoms with Crippen molar-refractivity contribution in [3.8, 4) is 0 Å². The predicted octanol–water partition coefficient (Wildman–Crippen LogP) is 21.7. The summed E-state index contributed by atoms with van der Waals surface area (Å²) < 4.78 is 16.9. The van der Waals surface area contributed by atoms with Crippen molar-refractivity contribution in [1.82, 2.24) is 0 Å². The van der Waals surface area contributed by atoms with Crippen LogP contribution in [0.25, 0.3) is 0 Å². The van der Waals surface area contributed by atoms with Gasteiger partial charge in [0.2, 0.25) is 0 Å². The molecule has 0 saturated carbocycles. The molecule has 0 aromatic carbocycles. The van der Waals surface area contributed by atoms with Crippen molar-refractivity contribution < 1.29 is 28.6 Å². The van der Waals surface area contributed by atoms with Gasteiger partial charge in [0.25, 0.3) is 0 Å². The van der Waals surface area contributed by atoms with Crippen molar-refractivity contribution in [1.29, 1.82) is 0 Å². The average Bonchev–Trinajstić information content (AvgIpc) is 3.40. The first-order valence-corrected chi connectivity index (χ1v) is 31.9. The van der Waals surface area contributed by atoms with Crippen LogP contribution in [0.5, 0.6) is 0 Å². The SMILES string of the molecule is CC/C=C\C/C=C\C/C=C\C/C=C\CCCCCCCCCCCCCCC(=O)OCC(COC(=O)CCCCCCC/C=C\C/C=C\CCCCC)OC(=O)CCCCCCCCCCCCCCCCCC. The molecule has 0 bridgehead atoms. The monoisotopic (exact) mass is 1030 g/mol. The fourth-order valence-corrected chi connectivity index (χ4v) is 9.17. The van der Waals surface area contributed by atoms with Gasteiger partial charge in [-0.1, -0.05) is 286 Å². The molecular formula is C68H120O6. The van der Waals surface area contributed by atoms with E-state index in [1.165, 1.54) is 180 Å². The Labute approximate surface area is 459 Å². The van der Waals surface area contributed by atoms with Gasteiger partial charge >= 0.3 is 17.9 Å². The van der Waals surface area contributed by atoms with Gasteiger partial charge in [-0.15, -0.1) is 0 Å². The molecule has 0 N–H and O–H groups in total. The molecule has 6 heteroatoms. The Balaban J connectivity index is 4.30. The molecule has 0 saturated heterocycles. The van der Waals surface area contributed by atoms with E-state index >= 15 is 0 Å². The molecule has 0 aromatic heterocycles. The number of esters is 3. The van der Waals surface area contributed by atoms with Crippen LogP contribution in [0.4, 0.5) is 0 Å². The van der Waals surface area contributed by atoms with Crippen molar-refractivity contribution in [2.75, 3.05) is 13.2 Å². The van der Waals surface area contributed by atoms with Crippen molar-refractivity contribution in [2.24, 2.45) is 0 Å². The number of carbonyl (C=O) groups is 3. The van der Waals surface area contributed by atoms with Crippen molar-refractivity contribution in [2.45, 2.75) is 329 Å². The van der Waals surface area contributed by atoms with E-state index in [1.54, 1.807) is 0 Å². The van der Waals surface area contributed by atoms with Crippen molar-refractivity contribution in [3.63, 3.8) is 0 Å². The van der Waals surface area contributed by atoms with Gasteiger partial charge in [-0.2, -0.15) is 0 Å². The predicted molar refractivity (Wildman–Crippen MR) is 321 cm³/mol. The molecule has 0 amide bonds. The third-order valence-corrected chi connectivity index (χ3v) is 13.9. The zero-order valence-electron chi connectivity index (χ0n) is 49.1. The summed E-state index contributed by atoms with van der Waals surface area (Å²) in [4.78, 5) is 38.3. The van der Waals surface area contributed by atoms with Crippen LogP contribution in [0.15, 0.2) is 72.9 Å². The lowest BCUT2D eigenvalue weighted by Crippen LogP contribution is -2.30. The van der Waals surface area contributed by atoms with Crippen LogP contribution in [-0.2, 0) is 28.6 Å². The summed E-state index contributed by atoms with van der Waals surface area (Å²) >= 11 is 0. The lowest BCUT2D eigenvalue weighted by atomic mass is 10.0. The van der Waals surface area contributed by atoms with Crippen molar-refractivity contribution in [3.05, 3.63) is 72.9 Å². The van der Waals surface area contributed by atoms with Crippen LogP contribution in [0.2, 0.25) is 0 Å². The van der Waals surface area contributed by atoms with Crippen LogP contribution in [0.1, 0.15) is 323 Å². The summed E-state index contributed by atoms with van der Waals surface area (Å²) in [5, 5.41) is 0. The molecule has 74 heavy (non-hydrogen) atoms. The van der Waals surface area contributed by atoms with E-state index < -0.39 is 6.10 Å². The second-order valence-corrected chi connectivity index (χ2v) is 21.3. The Morgan fingerprint density at radius 3 is 0.851 bits per heavy atom. The fourth-order valence-electron chi connectivity index (χ4n) is 9.17. The van der Waals surface area contributed by atoms with Crippen LogP contribution in [0, 0.1) is 0 Å². The summed E-state index contributed by atoms with van der Waals surface area (Å²) in [5.41, 5.74) is 0. The molecule has 0 heterocycles. The molecule has 0 spiro atoms. The first kappa shape index (κ1) is 70.8. The van der Waals surface area contributed by atoms with E-state index in [0.717, 1.165) is 103 Å². The van der Waals surface area contributed by atoms with E-state index in [0.29, 0.717) is 19.3 Å². The number of unbranched alkanes of at least 4 members (excludes halogenated alkanes) is 35. The van der Waals surface area contributed by atoms with E-state index in [4.69, 9.17) is 14.2 Å². The number of hydrogen-bond acceptors (Lipinski definition) is 6. The highest BCUT2D eigenvalue weighted by molar-refractivity contribution is 5.71. The summed E-state index contributed by atoms with van der Waals surface area (Å²) in [5.74, 6) is -0.876. The van der Waals surface area contributed by atoms with Crippen LogP contribution < -0.4 is 0 Å². The van der Waals surface area contributed by atoms with Gasteiger partial charge in [0.1, 0.15) is 13.2 Å². The fraction of sp³-hybridized carbons (Fsp3) is 0.779. The second-order valence-electron chi connectivity index (χ2n) is 21.3. The second kappa shape index (κ2) is 62.4. The highest BCUT2D eigenvalue weighted by atomic mass is 16.6. The zero-order valence-corrected chi connectivity index (χ0v) is 49.1. The van der Waals surface area contributed by atoms with Crippen molar-refractivity contribution >= 4 is 17.9 Å². The van der Waals surface area contributed by atoms with E-state index in [9.17, 15) is 14.4 Å². The summed E-state index contributed by atoms with van der Waals surface area (Å²) in [7, 11) is 0. The number of ether oxygens (including phenoxy) is 3. The normalized spacial score (nSPS) is 12.5. The maximum atomic E-state index is 12.9. The van der Waals surface area contributed by atoms with Crippen LogP contribution in [-0.4, -0.2) is 37.2 Å². The summed E-state index contributed by atoms with van der Waals surface area (Å²) in [6.45, 7) is 6.53. The van der Waals surface area contributed by atoms with E-state index in [2.05, 4.69) is 93.7 Å². The quantitative estimate of drug-likeness (QED) is 0.0261.